The summed E-state index contributed by atoms with van der Waals surface area (Å²) in [6.45, 7) is 3.57. The Kier molecular flexibility index (Phi) is 1.30. The molecule has 0 saturated carbocycles. The van der Waals surface area contributed by atoms with Crippen LogP contribution in [0.5, 0.6) is 0 Å². The van der Waals surface area contributed by atoms with Gasteiger partial charge in [-0.25, -0.2) is 0 Å². The van der Waals surface area contributed by atoms with Crippen LogP contribution in [0.1, 0.15) is 33.1 Å². The molecule has 0 spiro atoms. The van der Waals surface area contributed by atoms with Crippen molar-refractivity contribution in [3.8, 4) is 0 Å². The quantitative estimate of drug-likeness (QED) is 0.504. The number of rotatable bonds is 0. The average Bonchev–Trinajstić information content (AvgIpc) is 2.26. The summed E-state index contributed by atoms with van der Waals surface area (Å²) in [5.74, 6) is -0.107. The van der Waals surface area contributed by atoms with E-state index in [0.717, 1.165) is 0 Å². The first-order valence-corrected chi connectivity index (χ1v) is 4.23. The Hall–Kier alpha value is -0.700. The van der Waals surface area contributed by atoms with Gasteiger partial charge in [0.2, 0.25) is 0 Å². The van der Waals surface area contributed by atoms with E-state index in [0.29, 0.717) is 12.8 Å². The summed E-state index contributed by atoms with van der Waals surface area (Å²) in [7, 11) is 0. The average molecular weight is 168 g/mol. The van der Waals surface area contributed by atoms with Gasteiger partial charge in [0.15, 0.2) is 11.6 Å². The molecule has 2 bridgehead atoms. The fourth-order valence-corrected chi connectivity index (χ4v) is 1.99. The van der Waals surface area contributed by atoms with Crippen molar-refractivity contribution in [3.63, 3.8) is 0 Å². The van der Waals surface area contributed by atoms with E-state index in [1.807, 2.05) is 0 Å². The lowest BCUT2D eigenvalue weighted by atomic mass is 9.92. The summed E-state index contributed by atoms with van der Waals surface area (Å²) in [5.41, 5.74) is -1.33. The number of Topliss-reactive ketones (excluding diaryl/α,β-unsaturated/α-hetero) is 2. The van der Waals surface area contributed by atoms with Crippen LogP contribution >= 0.6 is 0 Å². The largest absolute Gasteiger partial charge is 0.354 e. The molecule has 0 aliphatic carbocycles. The Labute approximate surface area is 71.1 Å². The number of ketones is 2. The molecule has 3 nitrogen and oxygen atoms in total. The molecule has 0 aromatic carbocycles. The van der Waals surface area contributed by atoms with Crippen LogP contribution in [-0.4, -0.2) is 22.8 Å². The van der Waals surface area contributed by atoms with Gasteiger partial charge in [0, 0.05) is 0 Å². The summed E-state index contributed by atoms with van der Waals surface area (Å²) in [4.78, 5) is 22.8. The molecular formula is C9H12O3. The molecule has 0 aromatic heterocycles. The molecule has 0 radical (unpaired) electrons. The van der Waals surface area contributed by atoms with Crippen LogP contribution in [0.25, 0.3) is 0 Å². The third kappa shape index (κ3) is 0.800. The molecule has 2 aliphatic rings. The van der Waals surface area contributed by atoms with E-state index in [-0.39, 0.29) is 18.0 Å². The van der Waals surface area contributed by atoms with Crippen molar-refractivity contribution >= 4 is 11.6 Å². The predicted molar refractivity (Wildman–Crippen MR) is 41.8 cm³/mol. The van der Waals surface area contributed by atoms with E-state index in [1.54, 1.807) is 13.8 Å². The lowest BCUT2D eigenvalue weighted by Gasteiger charge is -2.33. The van der Waals surface area contributed by atoms with Crippen LogP contribution in [0, 0.1) is 0 Å². The highest BCUT2D eigenvalue weighted by molar-refractivity contribution is 6.09. The zero-order chi connectivity index (χ0) is 8.98. The summed E-state index contributed by atoms with van der Waals surface area (Å²) < 4.78 is 5.50. The fraction of sp³-hybridized carbons (Fsp3) is 0.778. The highest BCUT2D eigenvalue weighted by Crippen LogP contribution is 2.43. The molecule has 0 amide bonds. The minimum Gasteiger partial charge on any atom is -0.354 e. The molecule has 0 N–H and O–H groups in total. The number of carbonyl (C=O) groups excluding carboxylic acids is 2. The Morgan fingerprint density at radius 2 is 1.50 bits per heavy atom. The van der Waals surface area contributed by atoms with Gasteiger partial charge in [0.1, 0.15) is 11.2 Å². The van der Waals surface area contributed by atoms with Gasteiger partial charge in [-0.1, -0.05) is 0 Å². The first-order chi connectivity index (χ1) is 5.46. The van der Waals surface area contributed by atoms with Gasteiger partial charge in [0.25, 0.3) is 0 Å². The van der Waals surface area contributed by atoms with Crippen molar-refractivity contribution < 1.29 is 14.3 Å². The van der Waals surface area contributed by atoms with E-state index >= 15 is 0 Å². The van der Waals surface area contributed by atoms with E-state index < -0.39 is 11.2 Å². The number of hydrogen-bond donors (Lipinski definition) is 0. The van der Waals surface area contributed by atoms with Gasteiger partial charge >= 0.3 is 0 Å². The summed E-state index contributed by atoms with van der Waals surface area (Å²) in [6.07, 6.45) is 1.44. The van der Waals surface area contributed by atoms with Gasteiger partial charge < -0.3 is 4.74 Å². The zero-order valence-corrected chi connectivity index (χ0v) is 7.35. The van der Waals surface area contributed by atoms with Gasteiger partial charge in [-0.3, -0.25) is 9.59 Å². The van der Waals surface area contributed by atoms with Gasteiger partial charge in [-0.05, 0) is 26.7 Å². The van der Waals surface area contributed by atoms with Crippen LogP contribution in [0.4, 0.5) is 0 Å². The molecule has 2 atom stereocenters. The van der Waals surface area contributed by atoms with Crippen LogP contribution in [0.2, 0.25) is 0 Å². The van der Waals surface area contributed by atoms with Crippen LogP contribution < -0.4 is 0 Å². The first-order valence-electron chi connectivity index (χ1n) is 4.23. The van der Waals surface area contributed by atoms with Crippen LogP contribution in [0.15, 0.2) is 0 Å². The lowest BCUT2D eigenvalue weighted by Crippen LogP contribution is -2.49. The number of ether oxygens (including phenoxy) is 1. The second kappa shape index (κ2) is 1.96. The van der Waals surface area contributed by atoms with Crippen molar-refractivity contribution in [2.24, 2.45) is 0 Å². The first kappa shape index (κ1) is 7.92. The van der Waals surface area contributed by atoms with Crippen molar-refractivity contribution in [2.45, 2.75) is 44.3 Å². The van der Waals surface area contributed by atoms with E-state index in [1.165, 1.54) is 0 Å². The summed E-state index contributed by atoms with van der Waals surface area (Å²) in [5, 5.41) is 0. The molecule has 66 valence electrons. The maximum atomic E-state index is 11.4. The monoisotopic (exact) mass is 168 g/mol. The van der Waals surface area contributed by atoms with E-state index in [2.05, 4.69) is 0 Å². The molecule has 2 unspecified atom stereocenters. The van der Waals surface area contributed by atoms with Gasteiger partial charge in [-0.2, -0.15) is 0 Å². The third-order valence-corrected chi connectivity index (χ3v) is 3.03. The van der Waals surface area contributed by atoms with Crippen LogP contribution in [-0.2, 0) is 14.3 Å². The number of carbonyl (C=O) groups is 2. The van der Waals surface area contributed by atoms with E-state index in [4.69, 9.17) is 4.74 Å². The highest BCUT2D eigenvalue weighted by atomic mass is 16.5. The molecule has 0 aromatic rings. The SMILES string of the molecule is CC12CCC(C)(O1)C(=O)CC2=O. The fourth-order valence-electron chi connectivity index (χ4n) is 1.99. The molecule has 2 heterocycles. The molecule has 12 heavy (non-hydrogen) atoms. The third-order valence-electron chi connectivity index (χ3n) is 3.03. The number of hydrogen-bond acceptors (Lipinski definition) is 3. The Balaban J connectivity index is 2.40. The van der Waals surface area contributed by atoms with E-state index in [9.17, 15) is 9.59 Å². The smallest absolute Gasteiger partial charge is 0.171 e. The Morgan fingerprint density at radius 1 is 1.08 bits per heavy atom. The predicted octanol–water partition coefficient (Wildman–Crippen LogP) is 0.856. The van der Waals surface area contributed by atoms with Crippen molar-refractivity contribution in [1.29, 1.82) is 0 Å². The van der Waals surface area contributed by atoms with Gasteiger partial charge in [-0.15, -0.1) is 0 Å². The maximum Gasteiger partial charge on any atom is 0.171 e. The molecule has 3 heteroatoms. The normalized spacial score (nSPS) is 46.8. The molecule has 2 fully saturated rings. The highest BCUT2D eigenvalue weighted by Gasteiger charge is 2.56. The maximum absolute atomic E-state index is 11.4. The Bertz CT molecular complexity index is 245. The van der Waals surface area contributed by atoms with Crippen molar-refractivity contribution in [2.75, 3.05) is 0 Å². The van der Waals surface area contributed by atoms with Gasteiger partial charge in [0.05, 0.1) is 6.42 Å². The molecule has 2 aliphatic heterocycles. The van der Waals surface area contributed by atoms with Crippen molar-refractivity contribution in [1.82, 2.24) is 0 Å². The summed E-state index contributed by atoms with van der Waals surface area (Å²) in [6, 6.07) is 0. The molecular weight excluding hydrogens is 156 g/mol. The minimum atomic E-state index is -0.664. The minimum absolute atomic E-state index is 0.0533. The second-order valence-electron chi connectivity index (χ2n) is 4.09. The molecule has 2 rings (SSSR count). The second-order valence-corrected chi connectivity index (χ2v) is 4.09. The summed E-state index contributed by atoms with van der Waals surface area (Å²) >= 11 is 0. The topological polar surface area (TPSA) is 43.4 Å². The standard InChI is InChI=1S/C9H12O3/c1-8-3-4-9(2,12-8)7(11)5-6(8)10/h3-5H2,1-2H3. The zero-order valence-electron chi connectivity index (χ0n) is 7.35. The van der Waals surface area contributed by atoms with Crippen molar-refractivity contribution in [3.05, 3.63) is 0 Å². The number of fused-ring (bicyclic) bond motifs is 2. The Morgan fingerprint density at radius 3 is 1.92 bits per heavy atom. The molecule has 2 saturated heterocycles. The van der Waals surface area contributed by atoms with Crippen LogP contribution in [0.3, 0.4) is 0 Å². The lowest BCUT2D eigenvalue weighted by molar-refractivity contribution is -0.170.